The zero-order chi connectivity index (χ0) is 19.0. The molecule has 1 fully saturated rings. The van der Waals surface area contributed by atoms with Gasteiger partial charge in [-0.25, -0.2) is 4.79 Å². The van der Waals surface area contributed by atoms with Crippen molar-refractivity contribution < 1.29 is 18.7 Å². The van der Waals surface area contributed by atoms with E-state index in [1.165, 1.54) is 11.2 Å². The van der Waals surface area contributed by atoms with E-state index in [4.69, 9.17) is 14.9 Å². The lowest BCUT2D eigenvalue weighted by Crippen LogP contribution is -2.52. The molecule has 7 heteroatoms. The van der Waals surface area contributed by atoms with Gasteiger partial charge in [0.15, 0.2) is 0 Å². The summed E-state index contributed by atoms with van der Waals surface area (Å²) in [6, 6.07) is 12.2. The molecule has 0 spiro atoms. The summed E-state index contributed by atoms with van der Waals surface area (Å²) in [6.07, 6.45) is 1.78. The number of hydrogen-bond acceptors (Lipinski definition) is 5. The number of furan rings is 1. The van der Waals surface area contributed by atoms with E-state index in [1.807, 2.05) is 18.2 Å². The Morgan fingerprint density at radius 1 is 1.15 bits per heavy atom. The number of benzene rings is 2. The lowest BCUT2D eigenvalue weighted by atomic mass is 10.1. The maximum Gasteiger partial charge on any atom is 0.331 e. The quantitative estimate of drug-likeness (QED) is 0.716. The van der Waals surface area contributed by atoms with Gasteiger partial charge in [0.05, 0.1) is 19.3 Å². The highest BCUT2D eigenvalue weighted by Crippen LogP contribution is 2.32. The smallest absolute Gasteiger partial charge is 0.331 e. The molecule has 0 unspecified atom stereocenters. The van der Waals surface area contributed by atoms with Crippen molar-refractivity contribution >= 4 is 34.3 Å². The van der Waals surface area contributed by atoms with Crippen LogP contribution in [0.5, 0.6) is 5.75 Å². The van der Waals surface area contributed by atoms with Gasteiger partial charge in [-0.05, 0) is 29.8 Å². The van der Waals surface area contributed by atoms with Gasteiger partial charge in [0.25, 0.3) is 0 Å². The second-order valence-corrected chi connectivity index (χ2v) is 6.39. The first kappa shape index (κ1) is 17.0. The van der Waals surface area contributed by atoms with E-state index in [1.54, 1.807) is 36.3 Å². The summed E-state index contributed by atoms with van der Waals surface area (Å²) in [5.74, 6) is 0.532. The summed E-state index contributed by atoms with van der Waals surface area (Å²) in [5.41, 5.74) is 8.47. The minimum atomic E-state index is -0.360. The molecule has 1 aromatic heterocycles. The summed E-state index contributed by atoms with van der Waals surface area (Å²) in [7, 11) is 1.59. The Bertz CT molecular complexity index is 1010. The van der Waals surface area contributed by atoms with Gasteiger partial charge in [0.2, 0.25) is 5.91 Å². The van der Waals surface area contributed by atoms with Crippen LogP contribution in [0.3, 0.4) is 0 Å². The minimum Gasteiger partial charge on any atom is -0.497 e. The fourth-order valence-corrected chi connectivity index (χ4v) is 3.22. The molecule has 4 rings (SSSR count). The molecule has 1 aliphatic heterocycles. The standard InChI is InChI=1S/C20H19N3O4/c1-26-15-5-2-13(3-6-15)11-23-19(24)8-9-22(20(23)25)17-12-27-18-10-14(21)4-7-16(17)18/h2-7,10,12H,8-9,11,21H2,1H3. The van der Waals surface area contributed by atoms with E-state index in [0.29, 0.717) is 23.5 Å². The molecule has 2 heterocycles. The van der Waals surface area contributed by atoms with Crippen molar-refractivity contribution in [1.82, 2.24) is 4.90 Å². The molecule has 0 bridgehead atoms. The van der Waals surface area contributed by atoms with E-state index in [0.717, 1.165) is 16.7 Å². The number of methoxy groups -OCH3 is 1. The number of fused-ring (bicyclic) bond motifs is 1. The number of ether oxygens (including phenoxy) is 1. The zero-order valence-electron chi connectivity index (χ0n) is 14.8. The summed E-state index contributed by atoms with van der Waals surface area (Å²) in [5, 5.41) is 0.788. The van der Waals surface area contributed by atoms with Crippen molar-refractivity contribution in [2.45, 2.75) is 13.0 Å². The number of rotatable bonds is 4. The highest BCUT2D eigenvalue weighted by atomic mass is 16.5. The maximum absolute atomic E-state index is 13.0. The third kappa shape index (κ3) is 3.08. The lowest BCUT2D eigenvalue weighted by molar-refractivity contribution is -0.129. The van der Waals surface area contributed by atoms with Crippen molar-refractivity contribution in [3.05, 3.63) is 54.3 Å². The molecule has 0 atom stereocenters. The van der Waals surface area contributed by atoms with E-state index in [-0.39, 0.29) is 24.9 Å². The average molecular weight is 365 g/mol. The van der Waals surface area contributed by atoms with Gasteiger partial charge in [-0.1, -0.05) is 12.1 Å². The molecule has 27 heavy (non-hydrogen) atoms. The van der Waals surface area contributed by atoms with Crippen LogP contribution in [0.4, 0.5) is 16.2 Å². The Labute approximate surface area is 155 Å². The highest BCUT2D eigenvalue weighted by Gasteiger charge is 2.34. The number of hydrogen-bond donors (Lipinski definition) is 1. The maximum atomic E-state index is 13.0. The predicted molar refractivity (Wildman–Crippen MR) is 102 cm³/mol. The van der Waals surface area contributed by atoms with Gasteiger partial charge < -0.3 is 14.9 Å². The number of anilines is 2. The second kappa shape index (κ2) is 6.68. The molecule has 1 aliphatic rings. The average Bonchev–Trinajstić information content (AvgIpc) is 3.08. The molecule has 138 valence electrons. The van der Waals surface area contributed by atoms with Crippen molar-refractivity contribution in [2.24, 2.45) is 0 Å². The first-order chi connectivity index (χ1) is 13.1. The van der Waals surface area contributed by atoms with Crippen LogP contribution in [-0.4, -0.2) is 30.5 Å². The Kier molecular flexibility index (Phi) is 4.19. The molecule has 0 saturated carbocycles. The van der Waals surface area contributed by atoms with Gasteiger partial charge in [0.1, 0.15) is 17.6 Å². The lowest BCUT2D eigenvalue weighted by Gasteiger charge is -2.33. The molecule has 3 amide bonds. The Hall–Kier alpha value is -3.48. The number of nitrogens with zero attached hydrogens (tertiary/aromatic N) is 2. The van der Waals surface area contributed by atoms with Gasteiger partial charge in [0, 0.05) is 30.1 Å². The third-order valence-electron chi connectivity index (χ3n) is 4.68. The van der Waals surface area contributed by atoms with Crippen LogP contribution in [0.15, 0.2) is 53.1 Å². The normalized spacial score (nSPS) is 14.9. The van der Waals surface area contributed by atoms with Crippen LogP contribution in [-0.2, 0) is 11.3 Å². The number of urea groups is 1. The van der Waals surface area contributed by atoms with Crippen LogP contribution >= 0.6 is 0 Å². The molecular formula is C20H19N3O4. The zero-order valence-corrected chi connectivity index (χ0v) is 14.8. The third-order valence-corrected chi connectivity index (χ3v) is 4.68. The number of carbonyl (C=O) groups excluding carboxylic acids is 2. The summed E-state index contributed by atoms with van der Waals surface area (Å²) >= 11 is 0. The van der Waals surface area contributed by atoms with E-state index >= 15 is 0 Å². The Balaban J connectivity index is 1.61. The van der Waals surface area contributed by atoms with Crippen LogP contribution in [0.2, 0.25) is 0 Å². The summed E-state index contributed by atoms with van der Waals surface area (Å²) < 4.78 is 10.7. The Morgan fingerprint density at radius 2 is 1.93 bits per heavy atom. The molecule has 2 N–H and O–H groups in total. The van der Waals surface area contributed by atoms with Gasteiger partial charge in [-0.15, -0.1) is 0 Å². The number of nitrogens with two attached hydrogens (primary N) is 1. The largest absolute Gasteiger partial charge is 0.497 e. The molecule has 0 aliphatic carbocycles. The first-order valence-corrected chi connectivity index (χ1v) is 8.58. The van der Waals surface area contributed by atoms with Crippen molar-refractivity contribution in [2.75, 3.05) is 24.3 Å². The van der Waals surface area contributed by atoms with Gasteiger partial charge >= 0.3 is 6.03 Å². The summed E-state index contributed by atoms with van der Waals surface area (Å²) in [6.45, 7) is 0.524. The minimum absolute atomic E-state index is 0.191. The number of imide groups is 1. The van der Waals surface area contributed by atoms with Crippen LogP contribution in [0, 0.1) is 0 Å². The highest BCUT2D eigenvalue weighted by molar-refractivity contribution is 6.09. The van der Waals surface area contributed by atoms with Crippen molar-refractivity contribution in [3.63, 3.8) is 0 Å². The monoisotopic (exact) mass is 365 g/mol. The van der Waals surface area contributed by atoms with E-state index in [2.05, 4.69) is 0 Å². The van der Waals surface area contributed by atoms with Gasteiger partial charge in [-0.2, -0.15) is 0 Å². The van der Waals surface area contributed by atoms with E-state index in [9.17, 15) is 9.59 Å². The summed E-state index contributed by atoms with van der Waals surface area (Å²) in [4.78, 5) is 28.2. The number of carbonyl (C=O) groups is 2. The fourth-order valence-electron chi connectivity index (χ4n) is 3.22. The van der Waals surface area contributed by atoms with Gasteiger partial charge in [-0.3, -0.25) is 14.6 Å². The molecular weight excluding hydrogens is 346 g/mol. The topological polar surface area (TPSA) is 89.0 Å². The molecule has 2 aromatic carbocycles. The molecule has 7 nitrogen and oxygen atoms in total. The van der Waals surface area contributed by atoms with Crippen LogP contribution in [0.1, 0.15) is 12.0 Å². The SMILES string of the molecule is COc1ccc(CN2C(=O)CCN(c3coc4cc(N)ccc34)C2=O)cc1. The molecule has 0 radical (unpaired) electrons. The van der Waals surface area contributed by atoms with Crippen molar-refractivity contribution in [1.29, 1.82) is 0 Å². The predicted octanol–water partition coefficient (Wildman–Crippen LogP) is 3.38. The Morgan fingerprint density at radius 3 is 2.67 bits per heavy atom. The number of amides is 3. The molecule has 1 saturated heterocycles. The van der Waals surface area contributed by atoms with Crippen molar-refractivity contribution in [3.8, 4) is 5.75 Å². The molecule has 3 aromatic rings. The van der Waals surface area contributed by atoms with Crippen LogP contribution in [0.25, 0.3) is 11.0 Å². The number of nitrogen functional groups attached to an aromatic ring is 1. The van der Waals surface area contributed by atoms with E-state index < -0.39 is 0 Å². The second-order valence-electron chi connectivity index (χ2n) is 6.39. The first-order valence-electron chi connectivity index (χ1n) is 8.58. The fraction of sp³-hybridized carbons (Fsp3) is 0.200. The van der Waals surface area contributed by atoms with Crippen LogP contribution < -0.4 is 15.4 Å².